The van der Waals surface area contributed by atoms with Gasteiger partial charge in [-0.25, -0.2) is 15.0 Å². The molecule has 202 valence electrons. The maximum atomic E-state index is 13.2. The molecule has 1 saturated heterocycles. The van der Waals surface area contributed by atoms with Crippen LogP contribution in [-0.4, -0.2) is 66.8 Å². The van der Waals surface area contributed by atoms with E-state index >= 15 is 0 Å². The molecule has 2 aliphatic rings. The van der Waals surface area contributed by atoms with Crippen molar-refractivity contribution in [1.29, 1.82) is 0 Å². The largest absolute Gasteiger partial charge is 0.336 e. The Kier molecular flexibility index (Phi) is 9.45. The Morgan fingerprint density at radius 3 is 2.58 bits per heavy atom. The number of aromatic nitrogens is 4. The van der Waals surface area contributed by atoms with Crippen molar-refractivity contribution in [2.24, 2.45) is 0 Å². The van der Waals surface area contributed by atoms with Crippen LogP contribution in [0.3, 0.4) is 0 Å². The second-order valence-electron chi connectivity index (χ2n) is 9.60. The number of thiol groups is 1. The van der Waals surface area contributed by atoms with Crippen LogP contribution in [0.25, 0.3) is 0 Å². The van der Waals surface area contributed by atoms with Gasteiger partial charge < -0.3 is 14.9 Å². The van der Waals surface area contributed by atoms with E-state index in [0.717, 1.165) is 55.2 Å². The summed E-state index contributed by atoms with van der Waals surface area (Å²) in [4.78, 5) is 35.8. The number of likely N-dealkylation sites (tertiary alicyclic amines) is 1. The summed E-state index contributed by atoms with van der Waals surface area (Å²) in [6, 6.07) is 8.19. The van der Waals surface area contributed by atoms with Gasteiger partial charge >= 0.3 is 0 Å². The van der Waals surface area contributed by atoms with Crippen molar-refractivity contribution in [3.8, 4) is 0 Å². The lowest BCUT2D eigenvalue weighted by molar-refractivity contribution is 0.0460. The molecule has 2 aliphatic heterocycles. The number of nitrogens with zero attached hydrogens (tertiary/aromatic N) is 6. The number of piperidine rings is 1. The highest BCUT2D eigenvalue weighted by Crippen LogP contribution is 2.31. The first kappa shape index (κ1) is 28.1. The molecule has 0 saturated carbocycles. The molecule has 0 aliphatic carbocycles. The van der Waals surface area contributed by atoms with Crippen LogP contribution < -0.4 is 10.0 Å². The second kappa shape index (κ2) is 12.8. The molecule has 0 bridgehead atoms. The van der Waals surface area contributed by atoms with Gasteiger partial charge in [-0.2, -0.15) is 12.6 Å². The monoisotopic (exact) mass is 552 g/mol. The molecule has 3 aromatic rings. The molecule has 5 rings (SSSR count). The molecular weight excluding hydrogens is 516 g/mol. The highest BCUT2D eigenvalue weighted by molar-refractivity contribution is 7.99. The van der Waals surface area contributed by atoms with Gasteiger partial charge in [0.05, 0.1) is 5.69 Å². The van der Waals surface area contributed by atoms with Crippen molar-refractivity contribution < 1.29 is 4.79 Å². The van der Waals surface area contributed by atoms with Gasteiger partial charge in [0.1, 0.15) is 5.82 Å². The van der Waals surface area contributed by atoms with Crippen LogP contribution in [0.5, 0.6) is 0 Å². The number of hydrogen-bond acceptors (Lipinski definition) is 10. The first-order chi connectivity index (χ1) is 18.4. The molecule has 2 N–H and O–H groups in total. The number of carbonyl (C=O) groups is 1. The third-order valence-corrected chi connectivity index (χ3v) is 7.27. The molecule has 0 aromatic carbocycles. The van der Waals surface area contributed by atoms with Gasteiger partial charge in [-0.05, 0) is 64.1 Å². The standard InChI is InChI=1S/C26H32N8OS.CH4S/c1-16-9-21(10-17(2)29-16)30-26-28-13-20-14-33(15-23(20)31-26)22-6-8-34(18(3)11-22)25(35)19-5-7-27-24(12-19)32-36-4;1-2/h5,7,9-10,12-13,18,22H,6,8,11,14-15H2,1-4H3,(H,27,32)(H,28,29,30,31);2H,1H3/t18-,22-;/m1./s1. The van der Waals surface area contributed by atoms with Crippen LogP contribution in [0.2, 0.25) is 0 Å². The zero-order valence-electron chi connectivity index (χ0n) is 22.6. The Bertz CT molecular complexity index is 1250. The molecule has 5 heterocycles. The number of fused-ring (bicyclic) bond motifs is 1. The fourth-order valence-electron chi connectivity index (χ4n) is 5.20. The van der Waals surface area contributed by atoms with E-state index in [4.69, 9.17) is 4.98 Å². The molecule has 0 unspecified atom stereocenters. The molecule has 1 fully saturated rings. The van der Waals surface area contributed by atoms with Gasteiger partial charge in [-0.1, -0.05) is 11.9 Å². The minimum Gasteiger partial charge on any atom is -0.336 e. The Balaban J connectivity index is 0.00000164. The first-order valence-corrected chi connectivity index (χ1v) is 14.8. The topological polar surface area (TPSA) is 99.2 Å². The highest BCUT2D eigenvalue weighted by atomic mass is 32.2. The Hall–Kier alpha value is -2.89. The Labute approximate surface area is 234 Å². The SMILES string of the molecule is CS.CSNc1cc(C(=O)N2CC[C@@H](N3Cc4cnc(Nc5cc(C)nc(C)c5)nc4C3)C[C@H]2C)ccn1. The maximum Gasteiger partial charge on any atom is 0.254 e. The third-order valence-electron chi connectivity index (χ3n) is 6.86. The number of hydrogen-bond donors (Lipinski definition) is 3. The average Bonchev–Trinajstić information content (AvgIpc) is 3.33. The van der Waals surface area contributed by atoms with Crippen LogP contribution >= 0.6 is 24.6 Å². The molecular formula is C27H36N8OS2. The van der Waals surface area contributed by atoms with Crippen LogP contribution in [0.4, 0.5) is 17.5 Å². The number of pyridine rings is 2. The average molecular weight is 553 g/mol. The van der Waals surface area contributed by atoms with E-state index in [1.807, 2.05) is 49.4 Å². The third kappa shape index (κ3) is 6.57. The molecule has 11 heteroatoms. The zero-order chi connectivity index (χ0) is 27.2. The summed E-state index contributed by atoms with van der Waals surface area (Å²) < 4.78 is 3.10. The molecule has 2 atom stereocenters. The summed E-state index contributed by atoms with van der Waals surface area (Å²) in [5.41, 5.74) is 5.81. The lowest BCUT2D eigenvalue weighted by Crippen LogP contribution is -2.50. The number of nitrogens with one attached hydrogen (secondary N) is 2. The summed E-state index contributed by atoms with van der Waals surface area (Å²) in [5, 5.41) is 3.33. The normalized spacial score (nSPS) is 18.8. The van der Waals surface area contributed by atoms with Crippen molar-refractivity contribution in [2.75, 3.05) is 29.1 Å². The lowest BCUT2D eigenvalue weighted by atomic mass is 9.96. The predicted molar refractivity (Wildman–Crippen MR) is 158 cm³/mol. The van der Waals surface area contributed by atoms with Crippen molar-refractivity contribution in [1.82, 2.24) is 29.7 Å². The number of amides is 1. The molecule has 1 amide bonds. The molecule has 9 nitrogen and oxygen atoms in total. The smallest absolute Gasteiger partial charge is 0.254 e. The second-order valence-corrected chi connectivity index (χ2v) is 10.2. The lowest BCUT2D eigenvalue weighted by Gasteiger charge is -2.41. The highest BCUT2D eigenvalue weighted by Gasteiger charge is 2.35. The van der Waals surface area contributed by atoms with Gasteiger partial charge in [0.15, 0.2) is 0 Å². The summed E-state index contributed by atoms with van der Waals surface area (Å²) in [7, 11) is 0. The number of aryl methyl sites for hydroxylation is 2. The van der Waals surface area contributed by atoms with Crippen molar-refractivity contribution >= 4 is 47.9 Å². The minimum atomic E-state index is 0.0698. The van der Waals surface area contributed by atoms with Gasteiger partial charge in [0.2, 0.25) is 5.95 Å². The number of rotatable bonds is 6. The zero-order valence-corrected chi connectivity index (χ0v) is 24.3. The molecule has 3 aromatic heterocycles. The van der Waals surface area contributed by atoms with E-state index in [0.29, 0.717) is 23.4 Å². The summed E-state index contributed by atoms with van der Waals surface area (Å²) in [6.45, 7) is 8.51. The molecule has 0 radical (unpaired) electrons. The molecule has 0 spiro atoms. The van der Waals surface area contributed by atoms with E-state index in [1.165, 1.54) is 17.5 Å². The van der Waals surface area contributed by atoms with E-state index in [2.05, 4.69) is 49.4 Å². The summed E-state index contributed by atoms with van der Waals surface area (Å²) in [5.74, 6) is 1.39. The molecule has 38 heavy (non-hydrogen) atoms. The van der Waals surface area contributed by atoms with Gasteiger partial charge in [0, 0.05) is 78.6 Å². The van der Waals surface area contributed by atoms with Crippen LogP contribution in [0.15, 0.2) is 36.7 Å². The van der Waals surface area contributed by atoms with Gasteiger partial charge in [-0.3, -0.25) is 14.7 Å². The van der Waals surface area contributed by atoms with Crippen molar-refractivity contribution in [2.45, 2.75) is 58.8 Å². The van der Waals surface area contributed by atoms with E-state index in [9.17, 15) is 4.79 Å². The maximum absolute atomic E-state index is 13.2. The summed E-state index contributed by atoms with van der Waals surface area (Å²) >= 11 is 4.99. The van der Waals surface area contributed by atoms with E-state index in [1.54, 1.807) is 18.5 Å². The van der Waals surface area contributed by atoms with Crippen molar-refractivity contribution in [3.05, 3.63) is 64.9 Å². The summed E-state index contributed by atoms with van der Waals surface area (Å²) in [6.07, 6.45) is 9.14. The first-order valence-electron chi connectivity index (χ1n) is 12.7. The Morgan fingerprint density at radius 1 is 1.11 bits per heavy atom. The fraction of sp³-hybridized carbons (Fsp3) is 0.444. The number of carbonyl (C=O) groups excluding carboxylic acids is 1. The van der Waals surface area contributed by atoms with Crippen LogP contribution in [-0.2, 0) is 13.1 Å². The van der Waals surface area contributed by atoms with Gasteiger partial charge in [-0.15, -0.1) is 0 Å². The fourth-order valence-corrected chi connectivity index (χ4v) is 5.52. The van der Waals surface area contributed by atoms with Crippen LogP contribution in [0, 0.1) is 13.8 Å². The number of anilines is 3. The van der Waals surface area contributed by atoms with Gasteiger partial charge in [0.25, 0.3) is 5.91 Å². The minimum absolute atomic E-state index is 0.0698. The predicted octanol–water partition coefficient (Wildman–Crippen LogP) is 4.87. The van der Waals surface area contributed by atoms with E-state index < -0.39 is 0 Å². The Morgan fingerprint density at radius 2 is 1.87 bits per heavy atom. The van der Waals surface area contributed by atoms with Crippen molar-refractivity contribution in [3.63, 3.8) is 0 Å². The van der Waals surface area contributed by atoms with Crippen LogP contribution in [0.1, 0.15) is 52.8 Å². The van der Waals surface area contributed by atoms with E-state index in [-0.39, 0.29) is 11.9 Å². The quantitative estimate of drug-likeness (QED) is 0.292.